The monoisotopic (exact) mass is 786 g/mol. The maximum atomic E-state index is 14.2. The molecule has 2 aromatic carbocycles. The van der Waals surface area contributed by atoms with Crippen molar-refractivity contribution in [3.63, 3.8) is 0 Å². The summed E-state index contributed by atoms with van der Waals surface area (Å²) >= 11 is 0. The number of ketones is 1. The standard InChI is InChI=1S/C32H38F6N4O5.C2HF3O2/c1-18(2)24(26(43)31(33,34)35)41-28(45)25(21-10-12-22(47-3)13-11-21)42-27(44)23(16-19-6-8-20(17-39)9-7-19)40-29(46)30(32(36,37)38)14-4-5-15-30;3-2(4,5)1(6)7/h6-13,18,23-25H,4-5,14-17,39H2,1-3H3,(H,40,46)(H,41,45)(H,42,44);(H,6,7)/t23-,24-,25-;/m0./s1. The molecule has 3 amide bonds. The van der Waals surface area contributed by atoms with Crippen LogP contribution in [0.3, 0.4) is 0 Å². The molecule has 0 heterocycles. The third-order valence-corrected chi connectivity index (χ3v) is 8.52. The summed E-state index contributed by atoms with van der Waals surface area (Å²) in [6, 6.07) is 6.56. The number of rotatable bonds is 13. The SMILES string of the molecule is COc1ccc([C@H](NC(=O)[C@H](Cc2ccc(CN)cc2)NC(=O)C2(C(F)(F)F)CCCC2)C(=O)N[C@H](C(=O)C(F)(F)F)C(C)C)cc1.O=C(O)C(F)(F)F. The molecule has 0 unspecified atom stereocenters. The molecular weight excluding hydrogens is 747 g/mol. The van der Waals surface area contributed by atoms with E-state index in [1.54, 1.807) is 24.3 Å². The minimum Gasteiger partial charge on any atom is -0.497 e. The van der Waals surface area contributed by atoms with Gasteiger partial charge in [-0.05, 0) is 47.6 Å². The van der Waals surface area contributed by atoms with Crippen LogP contribution in [0.25, 0.3) is 0 Å². The minimum atomic E-state index is -5.27. The summed E-state index contributed by atoms with van der Waals surface area (Å²) in [6.45, 7) is 2.77. The molecular formula is C34H39F9N4O7. The summed E-state index contributed by atoms with van der Waals surface area (Å²) < 4.78 is 120. The Morgan fingerprint density at radius 2 is 1.28 bits per heavy atom. The molecule has 3 atom stereocenters. The maximum absolute atomic E-state index is 14.2. The fraction of sp³-hybridized carbons (Fsp3) is 0.500. The summed E-state index contributed by atoms with van der Waals surface area (Å²) in [5.74, 6) is -9.31. The molecule has 20 heteroatoms. The van der Waals surface area contributed by atoms with Crippen molar-refractivity contribution in [1.82, 2.24) is 16.0 Å². The van der Waals surface area contributed by atoms with Crippen LogP contribution in [0.1, 0.15) is 62.3 Å². The summed E-state index contributed by atoms with van der Waals surface area (Å²) in [5.41, 5.74) is 4.14. The normalized spacial score (nSPS) is 15.9. The van der Waals surface area contributed by atoms with E-state index in [0.29, 0.717) is 11.3 Å². The van der Waals surface area contributed by atoms with Gasteiger partial charge in [0.25, 0.3) is 5.78 Å². The van der Waals surface area contributed by atoms with E-state index < -0.39 is 90.3 Å². The van der Waals surface area contributed by atoms with Crippen LogP contribution in [-0.2, 0) is 36.9 Å². The second-order valence-electron chi connectivity index (χ2n) is 12.6. The molecule has 0 aromatic heterocycles. The van der Waals surface area contributed by atoms with E-state index in [0.717, 1.165) is 5.56 Å². The van der Waals surface area contributed by atoms with Crippen LogP contribution in [0.15, 0.2) is 48.5 Å². The Balaban J connectivity index is 0.00000131. The number of methoxy groups -OCH3 is 1. The van der Waals surface area contributed by atoms with Crippen molar-refractivity contribution < 1.29 is 73.3 Å². The molecule has 0 saturated heterocycles. The molecule has 54 heavy (non-hydrogen) atoms. The zero-order valence-electron chi connectivity index (χ0n) is 29.0. The van der Waals surface area contributed by atoms with E-state index in [9.17, 15) is 58.7 Å². The third-order valence-electron chi connectivity index (χ3n) is 8.52. The van der Waals surface area contributed by atoms with E-state index in [1.807, 2.05) is 0 Å². The minimum absolute atomic E-state index is 0.0542. The smallest absolute Gasteiger partial charge is 0.490 e. The highest BCUT2D eigenvalue weighted by atomic mass is 19.4. The lowest BCUT2D eigenvalue weighted by Gasteiger charge is -2.32. The molecule has 1 fully saturated rings. The second-order valence-corrected chi connectivity index (χ2v) is 12.6. The predicted octanol–water partition coefficient (Wildman–Crippen LogP) is 5.07. The van der Waals surface area contributed by atoms with Gasteiger partial charge in [-0.3, -0.25) is 19.2 Å². The average Bonchev–Trinajstić information content (AvgIpc) is 3.61. The molecule has 6 N–H and O–H groups in total. The fourth-order valence-corrected chi connectivity index (χ4v) is 5.46. The summed E-state index contributed by atoms with van der Waals surface area (Å²) in [4.78, 5) is 61.7. The molecule has 300 valence electrons. The van der Waals surface area contributed by atoms with Crippen LogP contribution in [0.5, 0.6) is 5.75 Å². The Hall–Kier alpha value is -4.88. The van der Waals surface area contributed by atoms with E-state index in [1.165, 1.54) is 45.2 Å². The van der Waals surface area contributed by atoms with E-state index in [2.05, 4.69) is 16.0 Å². The summed E-state index contributed by atoms with van der Waals surface area (Å²) in [5, 5.41) is 13.8. The van der Waals surface area contributed by atoms with Gasteiger partial charge in [-0.2, -0.15) is 39.5 Å². The van der Waals surface area contributed by atoms with Crippen LogP contribution in [-0.4, -0.2) is 72.3 Å². The first-order chi connectivity index (χ1) is 24.9. The highest BCUT2D eigenvalue weighted by Crippen LogP contribution is 2.50. The Morgan fingerprint density at radius 3 is 1.69 bits per heavy atom. The molecule has 0 spiro atoms. The first-order valence-corrected chi connectivity index (χ1v) is 16.2. The first kappa shape index (κ1) is 45.3. The van der Waals surface area contributed by atoms with Gasteiger partial charge in [0, 0.05) is 13.0 Å². The lowest BCUT2D eigenvalue weighted by atomic mass is 9.83. The molecule has 1 aliphatic carbocycles. The quantitative estimate of drug-likeness (QED) is 0.175. The number of halogens is 9. The van der Waals surface area contributed by atoms with Crippen molar-refractivity contribution in [1.29, 1.82) is 0 Å². The van der Waals surface area contributed by atoms with Crippen LogP contribution < -0.4 is 26.4 Å². The molecule has 0 radical (unpaired) electrons. The van der Waals surface area contributed by atoms with Gasteiger partial charge >= 0.3 is 24.5 Å². The number of hydrogen-bond donors (Lipinski definition) is 5. The Bertz CT molecular complexity index is 1610. The van der Waals surface area contributed by atoms with E-state index >= 15 is 0 Å². The summed E-state index contributed by atoms with van der Waals surface area (Å²) in [6.07, 6.45) is -16.2. The zero-order chi connectivity index (χ0) is 41.2. The Labute approximate surface area is 303 Å². The van der Waals surface area contributed by atoms with Crippen molar-refractivity contribution >= 4 is 29.5 Å². The van der Waals surface area contributed by atoms with Gasteiger partial charge in [-0.1, -0.05) is 63.1 Å². The highest BCUT2D eigenvalue weighted by molar-refractivity contribution is 5.97. The van der Waals surface area contributed by atoms with Crippen LogP contribution in [0.4, 0.5) is 39.5 Å². The van der Waals surface area contributed by atoms with Crippen molar-refractivity contribution in [2.45, 2.75) is 89.2 Å². The van der Waals surface area contributed by atoms with Crippen LogP contribution in [0, 0.1) is 11.3 Å². The zero-order valence-corrected chi connectivity index (χ0v) is 29.0. The average molecular weight is 787 g/mol. The second kappa shape index (κ2) is 18.4. The molecule has 2 aromatic rings. The van der Waals surface area contributed by atoms with E-state index in [4.69, 9.17) is 20.4 Å². The summed E-state index contributed by atoms with van der Waals surface area (Å²) in [7, 11) is 1.36. The molecule has 11 nitrogen and oxygen atoms in total. The van der Waals surface area contributed by atoms with Gasteiger partial charge in [-0.15, -0.1) is 0 Å². The number of carbonyl (C=O) groups excluding carboxylic acids is 4. The van der Waals surface area contributed by atoms with Crippen molar-refractivity contribution in [3.8, 4) is 5.75 Å². The number of aliphatic carboxylic acids is 1. The van der Waals surface area contributed by atoms with Gasteiger partial charge in [-0.25, -0.2) is 4.79 Å². The molecule has 0 bridgehead atoms. The largest absolute Gasteiger partial charge is 0.497 e. The lowest BCUT2D eigenvalue weighted by Crippen LogP contribution is -2.57. The number of amides is 3. The molecule has 3 rings (SSSR count). The van der Waals surface area contributed by atoms with Crippen LogP contribution >= 0.6 is 0 Å². The van der Waals surface area contributed by atoms with Gasteiger partial charge in [0.1, 0.15) is 23.2 Å². The van der Waals surface area contributed by atoms with Gasteiger partial charge in [0.05, 0.1) is 13.2 Å². The van der Waals surface area contributed by atoms with Crippen molar-refractivity contribution in [3.05, 3.63) is 65.2 Å². The number of carboxylic acid groups (broad SMARTS) is 1. The number of nitrogens with two attached hydrogens (primary N) is 1. The van der Waals surface area contributed by atoms with Crippen molar-refractivity contribution in [2.75, 3.05) is 7.11 Å². The number of carboxylic acids is 1. The number of alkyl halides is 9. The molecule has 1 saturated carbocycles. The van der Waals surface area contributed by atoms with Gasteiger partial charge < -0.3 is 31.5 Å². The third kappa shape index (κ3) is 12.1. The van der Waals surface area contributed by atoms with Crippen molar-refractivity contribution in [2.24, 2.45) is 17.1 Å². The number of ether oxygens (including phenoxy) is 1. The fourth-order valence-electron chi connectivity index (χ4n) is 5.46. The van der Waals surface area contributed by atoms with Crippen LogP contribution in [0.2, 0.25) is 0 Å². The maximum Gasteiger partial charge on any atom is 0.490 e. The first-order valence-electron chi connectivity index (χ1n) is 16.2. The predicted molar refractivity (Wildman–Crippen MR) is 172 cm³/mol. The number of nitrogens with one attached hydrogen (secondary N) is 3. The Morgan fingerprint density at radius 1 is 0.778 bits per heavy atom. The number of hydrogen-bond acceptors (Lipinski definition) is 7. The number of Topliss-reactive ketones (excluding diaryl/α,β-unsaturated/α-hetero) is 1. The van der Waals surface area contributed by atoms with E-state index in [-0.39, 0.29) is 31.4 Å². The highest BCUT2D eigenvalue weighted by Gasteiger charge is 2.61. The number of benzene rings is 2. The molecule has 0 aliphatic heterocycles. The molecule has 1 aliphatic rings. The van der Waals surface area contributed by atoms with Gasteiger partial charge in [0.15, 0.2) is 0 Å². The topological polar surface area (TPSA) is 177 Å². The Kier molecular flexibility index (Phi) is 15.5. The number of carbonyl (C=O) groups is 5. The van der Waals surface area contributed by atoms with Gasteiger partial charge in [0.2, 0.25) is 17.7 Å². The lowest BCUT2D eigenvalue weighted by molar-refractivity contribution is -0.220.